The standard InChI is InChI=1S/C11H10O4/c12-6-2-1-3-8-4-5-10(13)9(7-8)11(14)15/h1,3-7,13H,2H2,(H,14,15). The summed E-state index contributed by atoms with van der Waals surface area (Å²) < 4.78 is 0. The van der Waals surface area contributed by atoms with Gasteiger partial charge in [0.15, 0.2) is 0 Å². The van der Waals surface area contributed by atoms with E-state index in [-0.39, 0.29) is 17.7 Å². The van der Waals surface area contributed by atoms with Crippen molar-refractivity contribution in [2.75, 3.05) is 0 Å². The first kappa shape index (κ1) is 11.0. The molecule has 2 N–H and O–H groups in total. The largest absolute Gasteiger partial charge is 0.507 e. The zero-order chi connectivity index (χ0) is 11.3. The lowest BCUT2D eigenvalue weighted by molar-refractivity contribution is -0.107. The molecule has 4 nitrogen and oxygen atoms in total. The van der Waals surface area contributed by atoms with E-state index in [1.807, 2.05) is 0 Å². The van der Waals surface area contributed by atoms with Crippen molar-refractivity contribution in [3.63, 3.8) is 0 Å². The summed E-state index contributed by atoms with van der Waals surface area (Å²) in [6.07, 6.45) is 4.27. The van der Waals surface area contributed by atoms with Crippen molar-refractivity contribution in [1.82, 2.24) is 0 Å². The number of aldehydes is 1. The lowest BCUT2D eigenvalue weighted by Crippen LogP contribution is -1.96. The molecule has 1 aromatic rings. The Morgan fingerprint density at radius 2 is 2.13 bits per heavy atom. The third kappa shape index (κ3) is 2.95. The summed E-state index contributed by atoms with van der Waals surface area (Å²) in [5.41, 5.74) is 0.482. The highest BCUT2D eigenvalue weighted by molar-refractivity contribution is 5.91. The second-order valence-corrected chi connectivity index (χ2v) is 2.89. The second kappa shape index (κ2) is 4.95. The molecule has 0 heterocycles. The maximum absolute atomic E-state index is 10.7. The fourth-order valence-electron chi connectivity index (χ4n) is 1.09. The van der Waals surface area contributed by atoms with Crippen LogP contribution in [0, 0.1) is 0 Å². The molecule has 1 rings (SSSR count). The van der Waals surface area contributed by atoms with Gasteiger partial charge in [0, 0.05) is 6.42 Å². The van der Waals surface area contributed by atoms with E-state index in [0.717, 1.165) is 6.29 Å². The molecule has 0 aromatic heterocycles. The van der Waals surface area contributed by atoms with Gasteiger partial charge in [0.1, 0.15) is 17.6 Å². The number of phenols is 1. The number of aromatic hydroxyl groups is 1. The van der Waals surface area contributed by atoms with Gasteiger partial charge in [-0.3, -0.25) is 0 Å². The first-order valence-electron chi connectivity index (χ1n) is 4.31. The maximum Gasteiger partial charge on any atom is 0.339 e. The smallest absolute Gasteiger partial charge is 0.339 e. The van der Waals surface area contributed by atoms with Crippen LogP contribution in [0.5, 0.6) is 5.75 Å². The van der Waals surface area contributed by atoms with Crippen molar-refractivity contribution in [2.45, 2.75) is 6.42 Å². The number of rotatable bonds is 4. The minimum atomic E-state index is -1.18. The number of carbonyl (C=O) groups is 2. The van der Waals surface area contributed by atoms with Crippen LogP contribution in [-0.4, -0.2) is 22.5 Å². The number of benzene rings is 1. The van der Waals surface area contributed by atoms with E-state index in [9.17, 15) is 14.7 Å². The van der Waals surface area contributed by atoms with Gasteiger partial charge in [-0.15, -0.1) is 0 Å². The number of hydrogen-bond donors (Lipinski definition) is 2. The monoisotopic (exact) mass is 206 g/mol. The molecule has 0 aliphatic carbocycles. The highest BCUT2D eigenvalue weighted by Gasteiger charge is 2.08. The van der Waals surface area contributed by atoms with Crippen molar-refractivity contribution in [3.05, 3.63) is 35.4 Å². The number of carboxylic acids is 1. The number of aromatic carboxylic acids is 1. The van der Waals surface area contributed by atoms with Gasteiger partial charge in [-0.05, 0) is 17.7 Å². The number of carboxylic acid groups (broad SMARTS) is 1. The van der Waals surface area contributed by atoms with Crippen molar-refractivity contribution in [2.24, 2.45) is 0 Å². The van der Waals surface area contributed by atoms with E-state index in [1.165, 1.54) is 12.1 Å². The van der Waals surface area contributed by atoms with E-state index in [1.54, 1.807) is 18.2 Å². The highest BCUT2D eigenvalue weighted by Crippen LogP contribution is 2.19. The van der Waals surface area contributed by atoms with Gasteiger partial charge >= 0.3 is 5.97 Å². The van der Waals surface area contributed by atoms with E-state index < -0.39 is 5.97 Å². The van der Waals surface area contributed by atoms with Gasteiger partial charge in [0.25, 0.3) is 0 Å². The lowest BCUT2D eigenvalue weighted by atomic mass is 10.1. The molecular weight excluding hydrogens is 196 g/mol. The number of carbonyl (C=O) groups excluding carboxylic acids is 1. The van der Waals surface area contributed by atoms with Gasteiger partial charge in [0.2, 0.25) is 0 Å². The Hall–Kier alpha value is -2.10. The molecule has 0 amide bonds. The molecule has 0 atom stereocenters. The first-order valence-corrected chi connectivity index (χ1v) is 4.31. The predicted octanol–water partition coefficient (Wildman–Crippen LogP) is 1.69. The fraction of sp³-hybridized carbons (Fsp3) is 0.0909. The van der Waals surface area contributed by atoms with Crippen LogP contribution in [0.4, 0.5) is 0 Å². The Balaban J connectivity index is 2.97. The Labute approximate surface area is 86.5 Å². The van der Waals surface area contributed by atoms with Crippen molar-refractivity contribution in [3.8, 4) is 5.75 Å². The van der Waals surface area contributed by atoms with Crippen LogP contribution in [0.15, 0.2) is 24.3 Å². The summed E-state index contributed by atoms with van der Waals surface area (Å²) in [5.74, 6) is -1.45. The fourth-order valence-corrected chi connectivity index (χ4v) is 1.09. The SMILES string of the molecule is O=CCC=Cc1ccc(O)c(C(=O)O)c1. The zero-order valence-electron chi connectivity index (χ0n) is 7.88. The molecule has 0 bridgehead atoms. The van der Waals surface area contributed by atoms with Crippen LogP contribution in [-0.2, 0) is 4.79 Å². The first-order chi connectivity index (χ1) is 7.15. The molecule has 4 heteroatoms. The summed E-state index contributed by atoms with van der Waals surface area (Å²) in [6, 6.07) is 4.23. The van der Waals surface area contributed by atoms with Crippen LogP contribution < -0.4 is 0 Å². The van der Waals surface area contributed by atoms with Crippen molar-refractivity contribution < 1.29 is 19.8 Å². The van der Waals surface area contributed by atoms with Crippen LogP contribution >= 0.6 is 0 Å². The summed E-state index contributed by atoms with van der Waals surface area (Å²) in [6.45, 7) is 0. The third-order valence-corrected chi connectivity index (χ3v) is 1.79. The van der Waals surface area contributed by atoms with Gasteiger partial charge in [0.05, 0.1) is 0 Å². The normalized spacial score (nSPS) is 10.4. The van der Waals surface area contributed by atoms with Crippen molar-refractivity contribution >= 4 is 18.3 Å². The summed E-state index contributed by atoms with van der Waals surface area (Å²) in [4.78, 5) is 20.7. The molecule has 0 aliphatic heterocycles. The van der Waals surface area contributed by atoms with E-state index in [4.69, 9.17) is 5.11 Å². The Morgan fingerprint density at radius 3 is 2.73 bits per heavy atom. The molecule has 78 valence electrons. The zero-order valence-corrected chi connectivity index (χ0v) is 7.88. The minimum absolute atomic E-state index is 0.150. The van der Waals surface area contributed by atoms with Gasteiger partial charge < -0.3 is 15.0 Å². The van der Waals surface area contributed by atoms with Gasteiger partial charge in [-0.25, -0.2) is 4.79 Å². The summed E-state index contributed by atoms with van der Waals surface area (Å²) >= 11 is 0. The topological polar surface area (TPSA) is 74.6 Å². The lowest BCUT2D eigenvalue weighted by Gasteiger charge is -2.00. The molecule has 1 aromatic carbocycles. The average molecular weight is 206 g/mol. The van der Waals surface area contributed by atoms with E-state index in [2.05, 4.69) is 0 Å². The summed E-state index contributed by atoms with van der Waals surface area (Å²) in [7, 11) is 0. The molecule has 0 radical (unpaired) electrons. The molecule has 0 saturated carbocycles. The van der Waals surface area contributed by atoms with Crippen LogP contribution in [0.1, 0.15) is 22.3 Å². The van der Waals surface area contributed by atoms with Crippen molar-refractivity contribution in [1.29, 1.82) is 0 Å². The molecular formula is C11H10O4. The third-order valence-electron chi connectivity index (χ3n) is 1.79. The molecule has 0 spiro atoms. The quantitative estimate of drug-likeness (QED) is 0.735. The highest BCUT2D eigenvalue weighted by atomic mass is 16.4. The Morgan fingerprint density at radius 1 is 1.40 bits per heavy atom. The molecule has 15 heavy (non-hydrogen) atoms. The molecule has 0 fully saturated rings. The predicted molar refractivity (Wildman–Crippen MR) is 54.8 cm³/mol. The second-order valence-electron chi connectivity index (χ2n) is 2.89. The maximum atomic E-state index is 10.7. The van der Waals surface area contributed by atoms with Gasteiger partial charge in [-0.1, -0.05) is 18.2 Å². The van der Waals surface area contributed by atoms with E-state index >= 15 is 0 Å². The average Bonchev–Trinajstić information content (AvgIpc) is 2.20. The summed E-state index contributed by atoms with van der Waals surface area (Å²) in [5, 5.41) is 17.9. The number of hydrogen-bond acceptors (Lipinski definition) is 3. The van der Waals surface area contributed by atoms with E-state index in [0.29, 0.717) is 5.56 Å². The Kier molecular flexibility index (Phi) is 3.62. The molecule has 0 unspecified atom stereocenters. The van der Waals surface area contributed by atoms with Crippen LogP contribution in [0.3, 0.4) is 0 Å². The van der Waals surface area contributed by atoms with Gasteiger partial charge in [-0.2, -0.15) is 0 Å². The molecule has 0 aliphatic rings. The Bertz CT molecular complexity index is 407. The minimum Gasteiger partial charge on any atom is -0.507 e. The van der Waals surface area contributed by atoms with Crippen LogP contribution in [0.25, 0.3) is 6.08 Å². The number of allylic oxidation sites excluding steroid dienone is 1. The van der Waals surface area contributed by atoms with Crippen LogP contribution in [0.2, 0.25) is 0 Å². The molecule has 0 saturated heterocycles.